The highest BCUT2D eigenvalue weighted by atomic mass is 127. The molecule has 2 rings (SSSR count). The zero-order chi connectivity index (χ0) is 11.4. The van der Waals surface area contributed by atoms with Crippen LogP contribution in [0.3, 0.4) is 0 Å². The summed E-state index contributed by atoms with van der Waals surface area (Å²) >= 11 is 3.98. The second kappa shape index (κ2) is 5.58. The predicted octanol–water partition coefficient (Wildman–Crippen LogP) is 3.17. The quantitative estimate of drug-likeness (QED) is 0.797. The maximum atomic E-state index is 4.34. The molecule has 0 atom stereocenters. The molecule has 0 saturated heterocycles. The van der Waals surface area contributed by atoms with Crippen molar-refractivity contribution in [3.63, 3.8) is 0 Å². The Morgan fingerprint density at radius 3 is 2.69 bits per heavy atom. The van der Waals surface area contributed by atoms with Crippen LogP contribution in [0.15, 0.2) is 29.9 Å². The molecule has 84 valence electrons. The van der Waals surface area contributed by atoms with Crippen molar-refractivity contribution in [2.45, 2.75) is 13.5 Å². The highest BCUT2D eigenvalue weighted by molar-refractivity contribution is 14.1. The minimum absolute atomic E-state index is 0.802. The third kappa shape index (κ3) is 2.91. The first kappa shape index (κ1) is 11.8. The lowest BCUT2D eigenvalue weighted by molar-refractivity contribution is 0.798. The van der Waals surface area contributed by atoms with Gasteiger partial charge in [-0.1, -0.05) is 6.07 Å². The summed E-state index contributed by atoms with van der Waals surface area (Å²) in [5.74, 6) is 0.802. The van der Waals surface area contributed by atoms with E-state index in [1.807, 2.05) is 12.4 Å². The molecule has 2 heterocycles. The minimum Gasteiger partial charge on any atom is -0.336 e. The van der Waals surface area contributed by atoms with Gasteiger partial charge in [0.15, 0.2) is 0 Å². The zero-order valence-corrected chi connectivity index (χ0v) is 11.9. The summed E-state index contributed by atoms with van der Waals surface area (Å²) in [7, 11) is 0. The highest BCUT2D eigenvalue weighted by Gasteiger charge is 2.08. The van der Waals surface area contributed by atoms with E-state index in [0.29, 0.717) is 0 Å². The summed E-state index contributed by atoms with van der Waals surface area (Å²) in [5.41, 5.74) is 0. The van der Waals surface area contributed by atoms with E-state index in [2.05, 4.69) is 61.9 Å². The molecule has 0 aliphatic carbocycles. The Morgan fingerprint density at radius 2 is 2.12 bits per heavy atom. The van der Waals surface area contributed by atoms with E-state index in [9.17, 15) is 0 Å². The van der Waals surface area contributed by atoms with Gasteiger partial charge in [-0.15, -0.1) is 11.3 Å². The Balaban J connectivity index is 2.13. The number of aromatic nitrogens is 2. The van der Waals surface area contributed by atoms with Crippen LogP contribution in [0.4, 0.5) is 5.95 Å². The van der Waals surface area contributed by atoms with Crippen LogP contribution in [-0.2, 0) is 6.54 Å². The molecule has 0 saturated carbocycles. The van der Waals surface area contributed by atoms with Gasteiger partial charge in [0.2, 0.25) is 5.95 Å². The molecule has 0 spiro atoms. The molecule has 5 heteroatoms. The topological polar surface area (TPSA) is 29.0 Å². The third-order valence-electron chi connectivity index (χ3n) is 2.20. The lowest BCUT2D eigenvalue weighted by Crippen LogP contribution is -2.23. The Hall–Kier alpha value is -0.690. The third-order valence-corrected chi connectivity index (χ3v) is 3.62. The molecular weight excluding hydrogens is 333 g/mol. The predicted molar refractivity (Wildman–Crippen MR) is 75.8 cm³/mol. The fraction of sp³-hybridized carbons (Fsp3) is 0.273. The molecule has 0 bridgehead atoms. The molecule has 16 heavy (non-hydrogen) atoms. The second-order valence-corrected chi connectivity index (χ2v) is 5.57. The van der Waals surface area contributed by atoms with E-state index in [1.165, 1.54) is 4.88 Å². The van der Waals surface area contributed by atoms with E-state index in [0.717, 1.165) is 22.6 Å². The van der Waals surface area contributed by atoms with Crippen molar-refractivity contribution in [2.75, 3.05) is 11.4 Å². The van der Waals surface area contributed by atoms with Crippen LogP contribution in [0.2, 0.25) is 0 Å². The molecule has 0 unspecified atom stereocenters. The number of anilines is 1. The maximum Gasteiger partial charge on any atom is 0.225 e. The molecular formula is C11H12IN3S. The van der Waals surface area contributed by atoms with Crippen LogP contribution in [0.5, 0.6) is 0 Å². The van der Waals surface area contributed by atoms with Crippen molar-refractivity contribution >= 4 is 39.9 Å². The van der Waals surface area contributed by atoms with Gasteiger partial charge in [0.25, 0.3) is 0 Å². The van der Waals surface area contributed by atoms with Gasteiger partial charge >= 0.3 is 0 Å². The van der Waals surface area contributed by atoms with Crippen LogP contribution in [0.1, 0.15) is 11.8 Å². The molecule has 0 N–H and O–H groups in total. The van der Waals surface area contributed by atoms with Crippen molar-refractivity contribution in [1.29, 1.82) is 0 Å². The average molecular weight is 345 g/mol. The van der Waals surface area contributed by atoms with Crippen molar-refractivity contribution in [3.05, 3.63) is 38.4 Å². The van der Waals surface area contributed by atoms with E-state index < -0.39 is 0 Å². The van der Waals surface area contributed by atoms with Crippen molar-refractivity contribution in [3.8, 4) is 0 Å². The molecule has 2 aromatic heterocycles. The van der Waals surface area contributed by atoms with Crippen molar-refractivity contribution < 1.29 is 0 Å². The van der Waals surface area contributed by atoms with Gasteiger partial charge in [-0.05, 0) is 41.0 Å². The van der Waals surface area contributed by atoms with Crippen molar-refractivity contribution in [2.24, 2.45) is 0 Å². The van der Waals surface area contributed by atoms with Gasteiger partial charge in [0.05, 0.1) is 6.54 Å². The lowest BCUT2D eigenvalue weighted by atomic mass is 10.4. The first-order valence-corrected chi connectivity index (χ1v) is 7.00. The van der Waals surface area contributed by atoms with E-state index in [4.69, 9.17) is 0 Å². The molecule has 0 aliphatic heterocycles. The van der Waals surface area contributed by atoms with Gasteiger partial charge in [0, 0.05) is 27.4 Å². The molecule has 2 aromatic rings. The van der Waals surface area contributed by atoms with Gasteiger partial charge in [-0.3, -0.25) is 0 Å². The normalized spacial score (nSPS) is 10.4. The Bertz CT molecular complexity index is 427. The average Bonchev–Trinajstić information content (AvgIpc) is 2.80. The van der Waals surface area contributed by atoms with Gasteiger partial charge in [-0.2, -0.15) is 0 Å². The maximum absolute atomic E-state index is 4.34. The zero-order valence-electron chi connectivity index (χ0n) is 8.93. The fourth-order valence-corrected chi connectivity index (χ4v) is 2.38. The number of nitrogens with zero attached hydrogens (tertiary/aromatic N) is 3. The molecule has 0 aromatic carbocycles. The monoisotopic (exact) mass is 345 g/mol. The Kier molecular flexibility index (Phi) is 4.11. The molecule has 0 radical (unpaired) electrons. The van der Waals surface area contributed by atoms with Crippen LogP contribution in [0.25, 0.3) is 0 Å². The summed E-state index contributed by atoms with van der Waals surface area (Å²) in [4.78, 5) is 12.2. The van der Waals surface area contributed by atoms with E-state index >= 15 is 0 Å². The second-order valence-electron chi connectivity index (χ2n) is 3.29. The number of hydrogen-bond acceptors (Lipinski definition) is 4. The SMILES string of the molecule is CCN(Cc1cccs1)c1ncc(I)cn1. The van der Waals surface area contributed by atoms with E-state index in [1.54, 1.807) is 11.3 Å². The standard InChI is InChI=1S/C11H12IN3S/c1-2-15(8-10-4-3-5-16-10)11-13-6-9(12)7-14-11/h3-7H,2,8H2,1H3. The van der Waals surface area contributed by atoms with Crippen LogP contribution in [-0.4, -0.2) is 16.5 Å². The van der Waals surface area contributed by atoms with Gasteiger partial charge in [-0.25, -0.2) is 9.97 Å². The first-order chi connectivity index (χ1) is 7.79. The van der Waals surface area contributed by atoms with Gasteiger partial charge in [0.1, 0.15) is 0 Å². The number of halogens is 1. The Morgan fingerprint density at radius 1 is 1.38 bits per heavy atom. The summed E-state index contributed by atoms with van der Waals surface area (Å²) < 4.78 is 1.06. The first-order valence-electron chi connectivity index (χ1n) is 5.04. The summed E-state index contributed by atoms with van der Waals surface area (Å²) in [6, 6.07) is 4.21. The van der Waals surface area contributed by atoms with E-state index in [-0.39, 0.29) is 0 Å². The molecule has 0 amide bonds. The number of thiophene rings is 1. The smallest absolute Gasteiger partial charge is 0.225 e. The van der Waals surface area contributed by atoms with Crippen LogP contribution >= 0.6 is 33.9 Å². The highest BCUT2D eigenvalue weighted by Crippen LogP contribution is 2.15. The summed E-state index contributed by atoms with van der Waals surface area (Å²) in [6.07, 6.45) is 3.69. The summed E-state index contributed by atoms with van der Waals surface area (Å²) in [6.45, 7) is 3.92. The van der Waals surface area contributed by atoms with Crippen LogP contribution < -0.4 is 4.90 Å². The number of hydrogen-bond donors (Lipinski definition) is 0. The van der Waals surface area contributed by atoms with Crippen molar-refractivity contribution in [1.82, 2.24) is 9.97 Å². The van der Waals surface area contributed by atoms with Gasteiger partial charge < -0.3 is 4.90 Å². The minimum atomic E-state index is 0.802. The molecule has 0 aliphatic rings. The lowest BCUT2D eigenvalue weighted by Gasteiger charge is -2.19. The Labute approximate surface area is 113 Å². The molecule has 3 nitrogen and oxygen atoms in total. The number of rotatable bonds is 4. The molecule has 0 fully saturated rings. The largest absolute Gasteiger partial charge is 0.336 e. The van der Waals surface area contributed by atoms with Crippen LogP contribution in [0, 0.1) is 3.57 Å². The summed E-state index contributed by atoms with van der Waals surface area (Å²) in [5, 5.41) is 2.10. The fourth-order valence-electron chi connectivity index (χ4n) is 1.38.